The molecule has 116 valence electrons. The Bertz CT molecular complexity index is 472. The molecule has 1 unspecified atom stereocenters. The molecule has 0 radical (unpaired) electrons. The molecule has 2 rings (SSSR count). The third-order valence-electron chi connectivity index (χ3n) is 4.45. The van der Waals surface area contributed by atoms with Gasteiger partial charge in [0.2, 0.25) is 5.91 Å². The molecule has 0 spiro atoms. The second-order valence-electron chi connectivity index (χ2n) is 5.92. The maximum Gasteiger partial charge on any atom is 0.236 e. The highest BCUT2D eigenvalue weighted by atomic mass is 79.9. The fraction of sp³-hybridized carbons (Fsp3) is 0.588. The smallest absolute Gasteiger partial charge is 0.236 e. The van der Waals surface area contributed by atoms with Gasteiger partial charge in [-0.2, -0.15) is 0 Å². The van der Waals surface area contributed by atoms with E-state index in [1.807, 2.05) is 30.1 Å². The molecule has 0 aromatic heterocycles. The van der Waals surface area contributed by atoms with Crippen molar-refractivity contribution in [2.75, 3.05) is 13.6 Å². The Morgan fingerprint density at radius 1 is 1.33 bits per heavy atom. The molecule has 1 saturated carbocycles. The zero-order chi connectivity index (χ0) is 15.2. The first-order valence-electron chi connectivity index (χ1n) is 7.83. The second kappa shape index (κ2) is 7.95. The number of rotatable bonds is 5. The van der Waals surface area contributed by atoms with Gasteiger partial charge in [0.1, 0.15) is 0 Å². The maximum atomic E-state index is 12.3. The molecular weight excluding hydrogens is 328 g/mol. The van der Waals surface area contributed by atoms with Crippen LogP contribution in [0.5, 0.6) is 0 Å². The summed E-state index contributed by atoms with van der Waals surface area (Å²) < 4.78 is 1.08. The Balaban J connectivity index is 1.84. The van der Waals surface area contributed by atoms with E-state index in [0.29, 0.717) is 12.6 Å². The minimum atomic E-state index is 0.157. The number of amides is 1. The van der Waals surface area contributed by atoms with Crippen LogP contribution in [0.25, 0.3) is 0 Å². The number of nitrogens with zero attached hydrogens (tertiary/aromatic N) is 1. The molecule has 21 heavy (non-hydrogen) atoms. The van der Waals surface area contributed by atoms with E-state index >= 15 is 0 Å². The van der Waals surface area contributed by atoms with Gasteiger partial charge in [-0.25, -0.2) is 0 Å². The molecule has 1 aromatic rings. The van der Waals surface area contributed by atoms with Crippen LogP contribution >= 0.6 is 15.9 Å². The summed E-state index contributed by atoms with van der Waals surface area (Å²) in [6.07, 6.45) is 6.13. The van der Waals surface area contributed by atoms with Crippen LogP contribution in [0.3, 0.4) is 0 Å². The summed E-state index contributed by atoms with van der Waals surface area (Å²) in [5.41, 5.74) is 1.19. The van der Waals surface area contributed by atoms with E-state index in [0.717, 1.165) is 17.3 Å². The van der Waals surface area contributed by atoms with Gasteiger partial charge >= 0.3 is 0 Å². The van der Waals surface area contributed by atoms with Crippen molar-refractivity contribution >= 4 is 21.8 Å². The van der Waals surface area contributed by atoms with Crippen LogP contribution < -0.4 is 5.32 Å². The number of nitrogens with one attached hydrogen (secondary N) is 1. The number of halogens is 1. The second-order valence-corrected chi connectivity index (χ2v) is 6.77. The van der Waals surface area contributed by atoms with Crippen molar-refractivity contribution in [1.82, 2.24) is 10.2 Å². The van der Waals surface area contributed by atoms with Crippen molar-refractivity contribution < 1.29 is 4.79 Å². The number of carbonyl (C=O) groups excluding carboxylic acids is 1. The molecule has 0 bridgehead atoms. The van der Waals surface area contributed by atoms with Gasteiger partial charge in [0.15, 0.2) is 0 Å². The highest BCUT2D eigenvalue weighted by Crippen LogP contribution is 2.23. The van der Waals surface area contributed by atoms with Crippen LogP contribution in [0.2, 0.25) is 0 Å². The van der Waals surface area contributed by atoms with Crippen molar-refractivity contribution in [1.29, 1.82) is 0 Å². The van der Waals surface area contributed by atoms with E-state index in [9.17, 15) is 4.79 Å². The summed E-state index contributed by atoms with van der Waals surface area (Å²) in [6.45, 7) is 2.49. The van der Waals surface area contributed by atoms with Gasteiger partial charge in [-0.15, -0.1) is 0 Å². The zero-order valence-electron chi connectivity index (χ0n) is 12.9. The normalized spacial score (nSPS) is 17.5. The summed E-state index contributed by atoms with van der Waals surface area (Å²) in [4.78, 5) is 14.3. The molecule has 0 heterocycles. The Labute approximate surface area is 136 Å². The van der Waals surface area contributed by atoms with Crippen LogP contribution in [-0.4, -0.2) is 30.4 Å². The molecule has 1 atom stereocenters. The molecular formula is C17H25BrN2O. The number of hydrogen-bond acceptors (Lipinski definition) is 2. The van der Waals surface area contributed by atoms with E-state index < -0.39 is 0 Å². The monoisotopic (exact) mass is 352 g/mol. The lowest BCUT2D eigenvalue weighted by molar-refractivity contribution is -0.131. The Hall–Kier alpha value is -0.870. The quantitative estimate of drug-likeness (QED) is 0.871. The van der Waals surface area contributed by atoms with Crippen molar-refractivity contribution in [3.8, 4) is 0 Å². The summed E-state index contributed by atoms with van der Waals surface area (Å²) >= 11 is 3.56. The highest BCUT2D eigenvalue weighted by Gasteiger charge is 2.22. The summed E-state index contributed by atoms with van der Waals surface area (Å²) in [5, 5.41) is 3.34. The van der Waals surface area contributed by atoms with Crippen molar-refractivity contribution in [2.45, 2.75) is 51.1 Å². The largest absolute Gasteiger partial charge is 0.342 e. The van der Waals surface area contributed by atoms with E-state index in [1.165, 1.54) is 24.8 Å². The molecule has 3 nitrogen and oxygen atoms in total. The average Bonchev–Trinajstić information content (AvgIpc) is 2.52. The van der Waals surface area contributed by atoms with Gasteiger partial charge in [-0.3, -0.25) is 4.79 Å². The lowest BCUT2D eigenvalue weighted by Gasteiger charge is -2.31. The van der Waals surface area contributed by atoms with Gasteiger partial charge < -0.3 is 10.2 Å². The van der Waals surface area contributed by atoms with E-state index in [-0.39, 0.29) is 11.9 Å². The van der Waals surface area contributed by atoms with E-state index in [4.69, 9.17) is 0 Å². The van der Waals surface area contributed by atoms with Crippen LogP contribution in [0.1, 0.15) is 50.6 Å². The third-order valence-corrected chi connectivity index (χ3v) is 5.17. The number of likely N-dealkylation sites (N-methyl/N-ethyl adjacent to an activating group) is 1. The SMILES string of the molecule is CC(NCC(=O)N(C)C1CCCCC1)c1ccccc1Br. The topological polar surface area (TPSA) is 32.3 Å². The van der Waals surface area contributed by atoms with Gasteiger partial charge in [0.05, 0.1) is 6.54 Å². The van der Waals surface area contributed by atoms with Crippen molar-refractivity contribution in [3.63, 3.8) is 0 Å². The molecule has 1 amide bonds. The molecule has 0 aliphatic heterocycles. The molecule has 1 aliphatic rings. The van der Waals surface area contributed by atoms with Gasteiger partial charge in [0, 0.05) is 23.6 Å². The van der Waals surface area contributed by atoms with E-state index in [1.54, 1.807) is 0 Å². The predicted octanol–water partition coefficient (Wildman–Crippen LogP) is 3.89. The zero-order valence-corrected chi connectivity index (χ0v) is 14.5. The fourth-order valence-corrected chi connectivity index (χ4v) is 3.60. The minimum Gasteiger partial charge on any atom is -0.342 e. The molecule has 1 aliphatic carbocycles. The Morgan fingerprint density at radius 3 is 2.67 bits per heavy atom. The lowest BCUT2D eigenvalue weighted by Crippen LogP contribution is -2.43. The Kier molecular flexibility index (Phi) is 6.24. The molecule has 1 N–H and O–H groups in total. The summed E-state index contributed by atoms with van der Waals surface area (Å²) in [7, 11) is 1.95. The first-order chi connectivity index (χ1) is 10.1. The average molecular weight is 353 g/mol. The van der Waals surface area contributed by atoms with Crippen LogP contribution in [0, 0.1) is 0 Å². The summed E-state index contributed by atoms with van der Waals surface area (Å²) in [6, 6.07) is 8.73. The number of benzene rings is 1. The van der Waals surface area contributed by atoms with Gasteiger partial charge in [-0.1, -0.05) is 53.4 Å². The third kappa shape index (κ3) is 4.55. The van der Waals surface area contributed by atoms with Crippen LogP contribution in [-0.2, 0) is 4.79 Å². The molecule has 4 heteroatoms. The fourth-order valence-electron chi connectivity index (χ4n) is 2.97. The number of carbonyl (C=O) groups is 1. The predicted molar refractivity (Wildman–Crippen MR) is 90.2 cm³/mol. The minimum absolute atomic E-state index is 0.157. The van der Waals surface area contributed by atoms with E-state index in [2.05, 4.69) is 34.2 Å². The maximum absolute atomic E-state index is 12.3. The molecule has 1 fully saturated rings. The number of hydrogen-bond donors (Lipinski definition) is 1. The first kappa shape index (κ1) is 16.5. The summed E-state index contributed by atoms with van der Waals surface area (Å²) in [5.74, 6) is 0.195. The Morgan fingerprint density at radius 2 is 2.00 bits per heavy atom. The molecule has 0 saturated heterocycles. The van der Waals surface area contributed by atoms with Crippen LogP contribution in [0.4, 0.5) is 0 Å². The lowest BCUT2D eigenvalue weighted by atomic mass is 9.94. The van der Waals surface area contributed by atoms with Gasteiger partial charge in [0.25, 0.3) is 0 Å². The molecule has 1 aromatic carbocycles. The first-order valence-corrected chi connectivity index (χ1v) is 8.62. The van der Waals surface area contributed by atoms with Crippen molar-refractivity contribution in [2.24, 2.45) is 0 Å². The highest BCUT2D eigenvalue weighted by molar-refractivity contribution is 9.10. The standard InChI is InChI=1S/C17H25BrN2O/c1-13(15-10-6-7-11-16(15)18)19-12-17(21)20(2)14-8-4-3-5-9-14/h6-7,10-11,13-14,19H,3-5,8-9,12H2,1-2H3. The van der Waals surface area contributed by atoms with Crippen LogP contribution in [0.15, 0.2) is 28.7 Å². The van der Waals surface area contributed by atoms with Crippen molar-refractivity contribution in [3.05, 3.63) is 34.3 Å². The van der Waals surface area contributed by atoms with Gasteiger partial charge in [-0.05, 0) is 31.4 Å².